The number of fused-ring (bicyclic) bond motifs is 1. The summed E-state index contributed by atoms with van der Waals surface area (Å²) in [5.74, 6) is 1.28. The number of thioether (sulfide) groups is 1. The summed E-state index contributed by atoms with van der Waals surface area (Å²) >= 11 is 6.26. The molecule has 0 radical (unpaired) electrons. The molecule has 0 spiro atoms. The third kappa shape index (κ3) is 2.69. The predicted molar refractivity (Wildman–Crippen MR) is 87.5 cm³/mol. The standard InChI is InChI=1S/C15H13NO3S2/c1-8-10(7-12-14(17)16-15(20)21-12)6-9-4-3-5-11(18-2)13(9)19-8/h3-8H,1-2H3,(H,16,17,20)/b12-7-. The fraction of sp³-hybridized carbons (Fsp3) is 0.200. The lowest BCUT2D eigenvalue weighted by Crippen LogP contribution is -2.20. The molecule has 21 heavy (non-hydrogen) atoms. The molecule has 0 aliphatic carbocycles. The normalized spacial score (nSPS) is 22.5. The summed E-state index contributed by atoms with van der Waals surface area (Å²) in [6, 6.07) is 5.72. The minimum Gasteiger partial charge on any atom is -0.493 e. The summed E-state index contributed by atoms with van der Waals surface area (Å²) in [4.78, 5) is 12.3. The zero-order valence-electron chi connectivity index (χ0n) is 11.5. The molecule has 1 unspecified atom stereocenters. The van der Waals surface area contributed by atoms with Crippen LogP contribution in [0.5, 0.6) is 11.5 Å². The molecule has 4 nitrogen and oxygen atoms in total. The zero-order valence-corrected chi connectivity index (χ0v) is 13.1. The highest BCUT2D eigenvalue weighted by Gasteiger charge is 2.26. The Morgan fingerprint density at radius 1 is 1.48 bits per heavy atom. The second-order valence-corrected chi connectivity index (χ2v) is 6.35. The molecule has 2 aliphatic rings. The molecule has 1 saturated heterocycles. The number of thiocarbonyl (C=S) groups is 1. The van der Waals surface area contributed by atoms with E-state index < -0.39 is 0 Å². The van der Waals surface area contributed by atoms with Gasteiger partial charge < -0.3 is 14.8 Å². The number of carbonyl (C=O) groups excluding carboxylic acids is 1. The summed E-state index contributed by atoms with van der Waals surface area (Å²) < 4.78 is 11.7. The monoisotopic (exact) mass is 319 g/mol. The number of ether oxygens (including phenoxy) is 2. The molecule has 1 amide bonds. The molecule has 108 valence electrons. The molecule has 0 saturated carbocycles. The third-order valence-corrected chi connectivity index (χ3v) is 4.42. The van der Waals surface area contributed by atoms with Gasteiger partial charge in [0.05, 0.1) is 12.0 Å². The number of carbonyl (C=O) groups is 1. The van der Waals surface area contributed by atoms with Crippen molar-refractivity contribution >= 4 is 40.3 Å². The van der Waals surface area contributed by atoms with Crippen molar-refractivity contribution < 1.29 is 14.3 Å². The number of hydrogen-bond donors (Lipinski definition) is 1. The molecule has 2 heterocycles. The Hall–Kier alpha value is -1.79. The summed E-state index contributed by atoms with van der Waals surface area (Å²) in [6.07, 6.45) is 3.67. The van der Waals surface area contributed by atoms with Crippen molar-refractivity contribution in [2.24, 2.45) is 0 Å². The molecule has 1 fully saturated rings. The number of nitrogens with one attached hydrogen (secondary N) is 1. The van der Waals surface area contributed by atoms with E-state index in [-0.39, 0.29) is 12.0 Å². The highest BCUT2D eigenvalue weighted by Crippen LogP contribution is 2.38. The van der Waals surface area contributed by atoms with Crippen molar-refractivity contribution in [1.82, 2.24) is 5.32 Å². The molecule has 1 aromatic carbocycles. The van der Waals surface area contributed by atoms with Gasteiger partial charge in [-0.05, 0) is 30.7 Å². The van der Waals surface area contributed by atoms with Crippen molar-refractivity contribution in [2.45, 2.75) is 13.0 Å². The molecule has 1 N–H and O–H groups in total. The fourth-order valence-electron chi connectivity index (χ4n) is 2.21. The number of para-hydroxylation sites is 1. The Bertz CT molecular complexity index is 694. The second kappa shape index (κ2) is 5.54. The molecule has 2 aliphatic heterocycles. The Morgan fingerprint density at radius 3 is 2.95 bits per heavy atom. The van der Waals surface area contributed by atoms with Crippen molar-refractivity contribution in [3.8, 4) is 11.5 Å². The number of hydrogen-bond acceptors (Lipinski definition) is 5. The summed E-state index contributed by atoms with van der Waals surface area (Å²) in [7, 11) is 1.62. The van der Waals surface area contributed by atoms with Crippen LogP contribution in [0.4, 0.5) is 0 Å². The molecule has 1 aromatic rings. The lowest BCUT2D eigenvalue weighted by atomic mass is 10.0. The maximum absolute atomic E-state index is 11.7. The van der Waals surface area contributed by atoms with Crippen LogP contribution in [0, 0.1) is 0 Å². The maximum Gasteiger partial charge on any atom is 0.263 e. The van der Waals surface area contributed by atoms with Crippen molar-refractivity contribution in [3.63, 3.8) is 0 Å². The minimum absolute atomic E-state index is 0.158. The van der Waals surface area contributed by atoms with Crippen molar-refractivity contribution in [1.29, 1.82) is 0 Å². The summed E-state index contributed by atoms with van der Waals surface area (Å²) in [6.45, 7) is 1.94. The van der Waals surface area contributed by atoms with E-state index in [1.807, 2.05) is 37.3 Å². The van der Waals surface area contributed by atoms with Crippen LogP contribution in [0.25, 0.3) is 6.08 Å². The van der Waals surface area contributed by atoms with E-state index in [9.17, 15) is 4.79 Å². The first-order chi connectivity index (χ1) is 10.1. The van der Waals surface area contributed by atoms with Gasteiger partial charge in [-0.1, -0.05) is 36.1 Å². The topological polar surface area (TPSA) is 47.6 Å². The van der Waals surface area contributed by atoms with Crippen LogP contribution in [0.1, 0.15) is 12.5 Å². The Morgan fingerprint density at radius 2 is 2.29 bits per heavy atom. The number of amides is 1. The SMILES string of the molecule is COc1cccc2c1OC(C)C(/C=C1\SC(=S)NC1=O)=C2. The average molecular weight is 319 g/mol. The van der Waals surface area contributed by atoms with E-state index in [0.29, 0.717) is 15.0 Å². The predicted octanol–water partition coefficient (Wildman–Crippen LogP) is 2.89. The van der Waals surface area contributed by atoms with Crippen LogP contribution >= 0.6 is 24.0 Å². The van der Waals surface area contributed by atoms with Crippen molar-refractivity contribution in [2.75, 3.05) is 7.11 Å². The average Bonchev–Trinajstić information content (AvgIpc) is 2.77. The molecule has 3 rings (SSSR count). The first kappa shape index (κ1) is 14.2. The van der Waals surface area contributed by atoms with Gasteiger partial charge in [-0.3, -0.25) is 4.79 Å². The molecule has 1 atom stereocenters. The van der Waals surface area contributed by atoms with E-state index in [1.54, 1.807) is 7.11 Å². The van der Waals surface area contributed by atoms with Crippen LogP contribution in [0.2, 0.25) is 0 Å². The lowest BCUT2D eigenvalue weighted by Gasteiger charge is -2.24. The molecular weight excluding hydrogens is 306 g/mol. The van der Waals surface area contributed by atoms with Crippen LogP contribution < -0.4 is 14.8 Å². The van der Waals surface area contributed by atoms with Gasteiger partial charge in [0.15, 0.2) is 11.5 Å². The molecular formula is C15H13NO3S2. The fourth-order valence-corrected chi connectivity index (χ4v) is 3.25. The quantitative estimate of drug-likeness (QED) is 0.671. The van der Waals surface area contributed by atoms with Gasteiger partial charge in [-0.25, -0.2) is 0 Å². The minimum atomic E-state index is -0.163. The van der Waals surface area contributed by atoms with Crippen molar-refractivity contribution in [3.05, 3.63) is 40.3 Å². The van der Waals surface area contributed by atoms with Crippen LogP contribution in [0.15, 0.2) is 34.8 Å². The van der Waals surface area contributed by atoms with Gasteiger partial charge in [0, 0.05) is 5.56 Å². The number of benzene rings is 1. The zero-order chi connectivity index (χ0) is 15.0. The highest BCUT2D eigenvalue weighted by molar-refractivity contribution is 8.26. The van der Waals surface area contributed by atoms with E-state index in [0.717, 1.165) is 16.9 Å². The lowest BCUT2D eigenvalue weighted by molar-refractivity contribution is -0.115. The Labute approximate surface area is 132 Å². The summed E-state index contributed by atoms with van der Waals surface area (Å²) in [5, 5.41) is 2.61. The van der Waals surface area contributed by atoms with E-state index in [1.165, 1.54) is 11.8 Å². The largest absolute Gasteiger partial charge is 0.493 e. The highest BCUT2D eigenvalue weighted by atomic mass is 32.2. The number of methoxy groups -OCH3 is 1. The molecule has 0 bridgehead atoms. The third-order valence-electron chi connectivity index (χ3n) is 3.26. The van der Waals surface area contributed by atoms with Gasteiger partial charge in [0.1, 0.15) is 10.4 Å². The van der Waals surface area contributed by atoms with E-state index in [4.69, 9.17) is 21.7 Å². The summed E-state index contributed by atoms with van der Waals surface area (Å²) in [5.41, 5.74) is 1.86. The van der Waals surface area contributed by atoms with Gasteiger partial charge >= 0.3 is 0 Å². The van der Waals surface area contributed by atoms with Crippen LogP contribution in [-0.2, 0) is 4.79 Å². The first-order valence-corrected chi connectivity index (χ1v) is 7.61. The maximum atomic E-state index is 11.7. The van der Waals surface area contributed by atoms with Gasteiger partial charge in [-0.15, -0.1) is 0 Å². The molecule has 6 heteroatoms. The van der Waals surface area contributed by atoms with Gasteiger partial charge in [0.2, 0.25) is 0 Å². The van der Waals surface area contributed by atoms with E-state index >= 15 is 0 Å². The van der Waals surface area contributed by atoms with Crippen LogP contribution in [-0.4, -0.2) is 23.4 Å². The number of rotatable bonds is 2. The second-order valence-electron chi connectivity index (χ2n) is 4.64. The van der Waals surface area contributed by atoms with Gasteiger partial charge in [-0.2, -0.15) is 0 Å². The first-order valence-electron chi connectivity index (χ1n) is 6.38. The van der Waals surface area contributed by atoms with Crippen LogP contribution in [0.3, 0.4) is 0 Å². The van der Waals surface area contributed by atoms with Gasteiger partial charge in [0.25, 0.3) is 5.91 Å². The smallest absolute Gasteiger partial charge is 0.263 e. The Balaban J connectivity index is 2.00. The molecule has 0 aromatic heterocycles. The van der Waals surface area contributed by atoms with E-state index in [2.05, 4.69) is 5.32 Å². The Kier molecular flexibility index (Phi) is 3.73.